The van der Waals surface area contributed by atoms with Crippen LogP contribution < -0.4 is 5.32 Å². The Balaban J connectivity index is 1.69. The average molecular weight is 412 g/mol. The summed E-state index contributed by atoms with van der Waals surface area (Å²) in [5, 5.41) is 17.2. The van der Waals surface area contributed by atoms with Gasteiger partial charge in [0.15, 0.2) is 0 Å². The highest BCUT2D eigenvalue weighted by molar-refractivity contribution is 6.02. The lowest BCUT2D eigenvalue weighted by molar-refractivity contribution is -0.117. The number of nitrogens with one attached hydrogen (secondary N) is 1. The maximum atomic E-state index is 12.6. The molecule has 0 spiro atoms. The first-order valence-electron chi connectivity index (χ1n) is 10.4. The molecule has 1 aliphatic rings. The van der Waals surface area contributed by atoms with Crippen molar-refractivity contribution in [1.29, 1.82) is 5.26 Å². The van der Waals surface area contributed by atoms with Crippen molar-refractivity contribution in [2.45, 2.75) is 25.9 Å². The van der Waals surface area contributed by atoms with E-state index in [1.54, 1.807) is 10.8 Å². The van der Waals surface area contributed by atoms with Crippen molar-refractivity contribution >= 4 is 12.0 Å². The number of nitrogens with zero attached hydrogens (tertiary/aromatic N) is 3. The van der Waals surface area contributed by atoms with Crippen LogP contribution in [-0.2, 0) is 9.53 Å². The summed E-state index contributed by atoms with van der Waals surface area (Å²) >= 11 is 0. The van der Waals surface area contributed by atoms with Crippen molar-refractivity contribution in [3.63, 3.8) is 0 Å². The molecular weight excluding hydrogens is 388 g/mol. The Morgan fingerprint density at radius 2 is 2.03 bits per heavy atom. The zero-order valence-corrected chi connectivity index (χ0v) is 17.4. The molecule has 4 rings (SSSR count). The summed E-state index contributed by atoms with van der Waals surface area (Å²) in [4.78, 5) is 12.6. The van der Waals surface area contributed by atoms with Crippen LogP contribution in [0, 0.1) is 18.3 Å². The van der Waals surface area contributed by atoms with Gasteiger partial charge in [0.05, 0.1) is 17.5 Å². The number of rotatable bonds is 6. The SMILES string of the molecule is Cc1ccccc1-n1cc(/C=C(\C#N)C(=O)NC[C@@H]2CCCO2)c(-c2ccccc2)n1. The Bertz CT molecular complexity index is 1140. The molecule has 0 radical (unpaired) electrons. The van der Waals surface area contributed by atoms with Crippen LogP contribution in [0.15, 0.2) is 66.4 Å². The zero-order valence-electron chi connectivity index (χ0n) is 17.4. The maximum absolute atomic E-state index is 12.6. The number of nitriles is 1. The van der Waals surface area contributed by atoms with Crippen LogP contribution in [0.2, 0.25) is 0 Å². The third kappa shape index (κ3) is 4.73. The second-order valence-corrected chi connectivity index (χ2v) is 7.54. The molecule has 2 aromatic carbocycles. The quantitative estimate of drug-likeness (QED) is 0.489. The summed E-state index contributed by atoms with van der Waals surface area (Å²) in [5.74, 6) is -0.402. The number of carbonyl (C=O) groups is 1. The van der Waals surface area contributed by atoms with E-state index in [4.69, 9.17) is 9.84 Å². The molecule has 156 valence electrons. The summed E-state index contributed by atoms with van der Waals surface area (Å²) in [5.41, 5.74) is 4.40. The summed E-state index contributed by atoms with van der Waals surface area (Å²) in [6, 6.07) is 19.7. The van der Waals surface area contributed by atoms with Gasteiger partial charge in [0.25, 0.3) is 5.91 Å². The molecule has 1 atom stereocenters. The Kier molecular flexibility index (Phi) is 6.25. The molecule has 1 fully saturated rings. The van der Waals surface area contributed by atoms with Crippen molar-refractivity contribution in [1.82, 2.24) is 15.1 Å². The van der Waals surface area contributed by atoms with Gasteiger partial charge in [-0.25, -0.2) is 4.68 Å². The van der Waals surface area contributed by atoms with Gasteiger partial charge in [0, 0.05) is 30.5 Å². The predicted molar refractivity (Wildman–Crippen MR) is 119 cm³/mol. The molecule has 3 aromatic rings. The molecule has 6 nitrogen and oxygen atoms in total. The van der Waals surface area contributed by atoms with E-state index in [0.29, 0.717) is 17.8 Å². The standard InChI is InChI=1S/C25H24N4O2/c1-18-8-5-6-12-23(18)29-17-21(24(28-29)19-9-3-2-4-10-19)14-20(15-26)25(30)27-16-22-11-7-13-31-22/h2-6,8-10,12,14,17,22H,7,11,13,16H2,1H3,(H,27,30)/b20-14+/t22-/m0/s1. The lowest BCUT2D eigenvalue weighted by atomic mass is 10.1. The number of hydrogen-bond donors (Lipinski definition) is 1. The van der Waals surface area contributed by atoms with Crippen LogP contribution in [0.1, 0.15) is 24.0 Å². The summed E-state index contributed by atoms with van der Waals surface area (Å²) in [6.45, 7) is 3.15. The van der Waals surface area contributed by atoms with Crippen molar-refractivity contribution in [2.75, 3.05) is 13.2 Å². The lowest BCUT2D eigenvalue weighted by Gasteiger charge is -2.10. The van der Waals surface area contributed by atoms with Crippen molar-refractivity contribution in [3.05, 3.63) is 77.5 Å². The molecule has 0 bridgehead atoms. The fourth-order valence-electron chi connectivity index (χ4n) is 3.67. The number of benzene rings is 2. The molecule has 1 aromatic heterocycles. The topological polar surface area (TPSA) is 79.9 Å². The normalized spacial score (nSPS) is 16.1. The minimum absolute atomic E-state index is 0.0209. The van der Waals surface area contributed by atoms with Crippen molar-refractivity contribution < 1.29 is 9.53 Å². The van der Waals surface area contributed by atoms with E-state index in [-0.39, 0.29) is 11.7 Å². The van der Waals surface area contributed by atoms with Gasteiger partial charge >= 0.3 is 0 Å². The summed E-state index contributed by atoms with van der Waals surface area (Å²) in [7, 11) is 0. The van der Waals surface area contributed by atoms with Gasteiger partial charge in [-0.15, -0.1) is 0 Å². The third-order valence-electron chi connectivity index (χ3n) is 5.33. The second kappa shape index (κ2) is 9.41. The number of hydrogen-bond acceptors (Lipinski definition) is 4. The number of carbonyl (C=O) groups excluding carboxylic acids is 1. The van der Waals surface area contributed by atoms with Crippen LogP contribution in [0.4, 0.5) is 0 Å². The van der Waals surface area contributed by atoms with Crippen molar-refractivity contribution in [2.24, 2.45) is 0 Å². The highest BCUT2D eigenvalue weighted by atomic mass is 16.5. The molecule has 1 saturated heterocycles. The van der Waals surface area contributed by atoms with Gasteiger partial charge in [-0.1, -0.05) is 48.5 Å². The van der Waals surface area contributed by atoms with E-state index in [9.17, 15) is 10.1 Å². The molecule has 6 heteroatoms. The summed E-state index contributed by atoms with van der Waals surface area (Å²) in [6.07, 6.45) is 5.41. The smallest absolute Gasteiger partial charge is 0.262 e. The molecule has 1 amide bonds. The number of para-hydroxylation sites is 1. The monoisotopic (exact) mass is 412 g/mol. The molecule has 0 aliphatic carbocycles. The fourth-order valence-corrected chi connectivity index (χ4v) is 3.67. The number of aryl methyl sites for hydroxylation is 1. The van der Waals surface area contributed by atoms with Crippen LogP contribution in [0.3, 0.4) is 0 Å². The van der Waals surface area contributed by atoms with Gasteiger partial charge in [-0.2, -0.15) is 10.4 Å². The molecule has 1 N–H and O–H groups in total. The third-order valence-corrected chi connectivity index (χ3v) is 5.33. The lowest BCUT2D eigenvalue weighted by Crippen LogP contribution is -2.32. The van der Waals surface area contributed by atoms with E-state index in [1.165, 1.54) is 0 Å². The Morgan fingerprint density at radius 3 is 2.74 bits per heavy atom. The molecule has 1 aliphatic heterocycles. The van der Waals surface area contributed by atoms with Gasteiger partial charge in [-0.3, -0.25) is 4.79 Å². The van der Waals surface area contributed by atoms with Gasteiger partial charge in [0.2, 0.25) is 0 Å². The van der Waals surface area contributed by atoms with Crippen molar-refractivity contribution in [3.8, 4) is 23.0 Å². The molecule has 31 heavy (non-hydrogen) atoms. The molecule has 0 unspecified atom stereocenters. The Hall–Kier alpha value is -3.69. The van der Waals surface area contributed by atoms with Crippen LogP contribution in [-0.4, -0.2) is 34.9 Å². The average Bonchev–Trinajstić information content (AvgIpc) is 3.47. The first-order valence-corrected chi connectivity index (χ1v) is 10.4. The molecular formula is C25H24N4O2. The summed E-state index contributed by atoms with van der Waals surface area (Å²) < 4.78 is 7.34. The predicted octanol–water partition coefficient (Wildman–Crippen LogP) is 4.05. The Labute approximate surface area is 181 Å². The number of aromatic nitrogens is 2. The highest BCUT2D eigenvalue weighted by Crippen LogP contribution is 2.26. The number of ether oxygens (including phenoxy) is 1. The minimum atomic E-state index is -0.402. The van der Waals surface area contributed by atoms with E-state index in [1.807, 2.05) is 73.8 Å². The Morgan fingerprint density at radius 1 is 1.26 bits per heavy atom. The zero-order chi connectivity index (χ0) is 21.6. The highest BCUT2D eigenvalue weighted by Gasteiger charge is 2.19. The van der Waals surface area contributed by atoms with Crippen LogP contribution in [0.5, 0.6) is 0 Å². The fraction of sp³-hybridized carbons (Fsp3) is 0.240. The van der Waals surface area contributed by atoms with E-state index in [2.05, 4.69) is 5.32 Å². The molecule has 0 saturated carbocycles. The number of amides is 1. The van der Waals surface area contributed by atoms with Gasteiger partial charge in [0.1, 0.15) is 11.6 Å². The maximum Gasteiger partial charge on any atom is 0.262 e. The second-order valence-electron chi connectivity index (χ2n) is 7.54. The van der Waals surface area contributed by atoms with E-state index < -0.39 is 5.91 Å². The van der Waals surface area contributed by atoms with Gasteiger partial charge in [-0.05, 0) is 37.5 Å². The largest absolute Gasteiger partial charge is 0.376 e. The van der Waals surface area contributed by atoms with Gasteiger partial charge < -0.3 is 10.1 Å². The first kappa shape index (κ1) is 20.6. The van der Waals surface area contributed by atoms with Crippen LogP contribution in [0.25, 0.3) is 23.0 Å². The first-order chi connectivity index (χ1) is 15.2. The minimum Gasteiger partial charge on any atom is -0.376 e. The van der Waals surface area contributed by atoms with E-state index in [0.717, 1.165) is 36.3 Å². The van der Waals surface area contributed by atoms with Crippen LogP contribution >= 0.6 is 0 Å². The molecule has 2 heterocycles. The van der Waals surface area contributed by atoms with E-state index >= 15 is 0 Å².